The molecule has 12 nitrogen and oxygen atoms in total. The molecule has 1 saturated heterocycles. The Balaban J connectivity index is 1.39. The lowest BCUT2D eigenvalue weighted by Crippen LogP contribution is -2.57. The van der Waals surface area contributed by atoms with Crippen molar-refractivity contribution in [2.24, 2.45) is 17.0 Å². The Labute approximate surface area is 301 Å². The van der Waals surface area contributed by atoms with Gasteiger partial charge in [0.2, 0.25) is 15.9 Å². The predicted molar refractivity (Wildman–Crippen MR) is 195 cm³/mol. The first-order valence-corrected chi connectivity index (χ1v) is 19.3. The molecule has 13 heteroatoms. The molecule has 0 radical (unpaired) electrons. The van der Waals surface area contributed by atoms with Crippen LogP contribution in [0.25, 0.3) is 0 Å². The number of carbonyl (C=O) groups excluding carboxylic acids is 2. The number of amides is 3. The van der Waals surface area contributed by atoms with Crippen molar-refractivity contribution in [1.82, 2.24) is 24.4 Å². The average molecular weight is 719 g/mol. The van der Waals surface area contributed by atoms with Gasteiger partial charge in [-0.1, -0.05) is 86.8 Å². The quantitative estimate of drug-likeness (QED) is 0.105. The van der Waals surface area contributed by atoms with Gasteiger partial charge in [-0.3, -0.25) is 9.78 Å². The fraction of sp³-hybridized carbons (Fsp3) is 0.474. The molecule has 274 valence electrons. The Morgan fingerprint density at radius 2 is 1.76 bits per heavy atom. The molecule has 3 amide bonds. The Hall–Kier alpha value is -4.33. The molecule has 1 saturated carbocycles. The highest BCUT2D eigenvalue weighted by atomic mass is 32.2. The fourth-order valence-corrected chi connectivity index (χ4v) is 8.63. The van der Waals surface area contributed by atoms with E-state index in [1.54, 1.807) is 34.3 Å². The second-order valence-electron chi connectivity index (χ2n) is 13.7. The first-order chi connectivity index (χ1) is 24.6. The summed E-state index contributed by atoms with van der Waals surface area (Å²) in [5.74, 6) is -0.410. The number of nitrogens with one attached hydrogen (secondary N) is 1. The molecule has 2 unspecified atom stereocenters. The number of nitrogens with zero attached hydrogens (tertiary/aromatic N) is 5. The molecule has 1 aliphatic heterocycles. The van der Waals surface area contributed by atoms with E-state index in [1.165, 1.54) is 22.7 Å². The Morgan fingerprint density at radius 1 is 1.06 bits per heavy atom. The molecular formula is C38H50N6O6S. The molecule has 2 heterocycles. The van der Waals surface area contributed by atoms with Crippen LogP contribution in [0.2, 0.25) is 0 Å². The molecule has 2 aromatic carbocycles. The van der Waals surface area contributed by atoms with Crippen LogP contribution in [-0.4, -0.2) is 100 Å². The minimum atomic E-state index is -4.05. The van der Waals surface area contributed by atoms with Crippen LogP contribution in [0.15, 0.2) is 89.2 Å². The summed E-state index contributed by atoms with van der Waals surface area (Å²) in [5, 5.41) is 26.9. The Kier molecular flexibility index (Phi) is 13.2. The van der Waals surface area contributed by atoms with Crippen molar-refractivity contribution in [3.63, 3.8) is 0 Å². The van der Waals surface area contributed by atoms with Crippen molar-refractivity contribution < 1.29 is 28.3 Å². The highest BCUT2D eigenvalue weighted by molar-refractivity contribution is 7.89. The van der Waals surface area contributed by atoms with Gasteiger partial charge in [0.15, 0.2) is 0 Å². The number of aromatic nitrogens is 1. The minimum absolute atomic E-state index is 0.0617. The standard InChI is InChI=1S/C38H50N6O6S/c1-3-28(2)36(44-21-20-42(38(44)47)25-32-14-9-19-39-23-32)37(46)41-34(22-29-10-5-4-6-11-29)35(45)27-43(26-31-12-7-8-13-31)51(49,50)33-17-15-30(16-18-33)24-40-48/h4-6,9-11,14-19,23-24,28,31,34-36,45,48H,3,7-8,12-13,20-22,25-27H2,1-2H3,(H,41,46)/b40-24+/t28?,34-,35+,36?/m0/s1. The van der Waals surface area contributed by atoms with Crippen molar-refractivity contribution in [2.45, 2.75) is 82.0 Å². The molecule has 2 fully saturated rings. The van der Waals surface area contributed by atoms with E-state index in [4.69, 9.17) is 5.21 Å². The van der Waals surface area contributed by atoms with E-state index in [2.05, 4.69) is 15.5 Å². The first kappa shape index (κ1) is 37.9. The van der Waals surface area contributed by atoms with Gasteiger partial charge in [0.05, 0.1) is 23.3 Å². The zero-order valence-electron chi connectivity index (χ0n) is 29.4. The largest absolute Gasteiger partial charge is 0.411 e. The van der Waals surface area contributed by atoms with Crippen LogP contribution in [-0.2, 0) is 27.8 Å². The zero-order valence-corrected chi connectivity index (χ0v) is 30.2. The summed E-state index contributed by atoms with van der Waals surface area (Å²) in [4.78, 5) is 35.6. The molecule has 1 aromatic heterocycles. The van der Waals surface area contributed by atoms with Gasteiger partial charge >= 0.3 is 6.03 Å². The van der Waals surface area contributed by atoms with E-state index in [-0.39, 0.29) is 48.2 Å². The van der Waals surface area contributed by atoms with Gasteiger partial charge < -0.3 is 25.4 Å². The number of oxime groups is 1. The SMILES string of the molecule is CCC(C)C(C(=O)N[C@@H](Cc1ccccc1)[C@H](O)CN(CC1CCCC1)S(=O)(=O)c1ccc(/C=N/O)cc1)N1CCN(Cc2cccnc2)C1=O. The third kappa shape index (κ3) is 9.72. The molecule has 2 aliphatic rings. The van der Waals surface area contributed by atoms with E-state index >= 15 is 0 Å². The number of carbonyl (C=O) groups is 2. The van der Waals surface area contributed by atoms with Gasteiger partial charge in [0.1, 0.15) is 6.04 Å². The Bertz CT molecular complexity index is 1700. The summed E-state index contributed by atoms with van der Waals surface area (Å²) >= 11 is 0. The monoisotopic (exact) mass is 718 g/mol. The maximum Gasteiger partial charge on any atom is 0.321 e. The number of pyridine rings is 1. The summed E-state index contributed by atoms with van der Waals surface area (Å²) in [6.45, 7) is 5.16. The fourth-order valence-electron chi connectivity index (χ4n) is 7.10. The molecular weight excluding hydrogens is 669 g/mol. The van der Waals surface area contributed by atoms with Crippen LogP contribution >= 0.6 is 0 Å². The number of aliphatic hydroxyl groups is 1. The van der Waals surface area contributed by atoms with Crippen molar-refractivity contribution in [1.29, 1.82) is 0 Å². The first-order valence-electron chi connectivity index (χ1n) is 17.8. The van der Waals surface area contributed by atoms with Crippen LogP contribution in [0.1, 0.15) is 62.6 Å². The van der Waals surface area contributed by atoms with Gasteiger partial charge in [-0.15, -0.1) is 0 Å². The van der Waals surface area contributed by atoms with Crippen molar-refractivity contribution >= 4 is 28.2 Å². The number of hydrogen-bond donors (Lipinski definition) is 3. The van der Waals surface area contributed by atoms with E-state index in [0.717, 1.165) is 36.8 Å². The van der Waals surface area contributed by atoms with Crippen molar-refractivity contribution in [2.75, 3.05) is 26.2 Å². The molecule has 3 N–H and O–H groups in total. The second-order valence-corrected chi connectivity index (χ2v) is 15.7. The van der Waals surface area contributed by atoms with Crippen molar-refractivity contribution in [3.05, 3.63) is 95.8 Å². The van der Waals surface area contributed by atoms with Crippen LogP contribution in [0.5, 0.6) is 0 Å². The summed E-state index contributed by atoms with van der Waals surface area (Å²) < 4.78 is 29.6. The number of hydrogen-bond acceptors (Lipinski definition) is 8. The predicted octanol–water partition coefficient (Wildman–Crippen LogP) is 4.51. The third-order valence-corrected chi connectivity index (χ3v) is 12.0. The molecule has 0 bridgehead atoms. The third-order valence-electron chi connectivity index (χ3n) is 10.2. The minimum Gasteiger partial charge on any atom is -0.411 e. The van der Waals surface area contributed by atoms with Gasteiger partial charge in [-0.2, -0.15) is 4.31 Å². The van der Waals surface area contributed by atoms with E-state index < -0.39 is 28.2 Å². The van der Waals surface area contributed by atoms with Crippen LogP contribution in [0.4, 0.5) is 4.79 Å². The normalized spacial score (nSPS) is 18.0. The zero-order chi connectivity index (χ0) is 36.4. The van der Waals surface area contributed by atoms with E-state index in [1.807, 2.05) is 56.3 Å². The maximum absolute atomic E-state index is 14.3. The molecule has 3 aromatic rings. The lowest BCUT2D eigenvalue weighted by atomic mass is 9.95. The molecule has 0 spiro atoms. The highest BCUT2D eigenvalue weighted by Gasteiger charge is 2.41. The molecule has 5 rings (SSSR count). The number of aliphatic hydroxyl groups excluding tert-OH is 1. The Morgan fingerprint density at radius 3 is 2.41 bits per heavy atom. The van der Waals surface area contributed by atoms with Gasteiger partial charge in [0, 0.05) is 45.1 Å². The summed E-state index contributed by atoms with van der Waals surface area (Å²) in [6, 6.07) is 17.4. The van der Waals surface area contributed by atoms with Crippen molar-refractivity contribution in [3.8, 4) is 0 Å². The smallest absolute Gasteiger partial charge is 0.321 e. The molecule has 51 heavy (non-hydrogen) atoms. The van der Waals surface area contributed by atoms with Gasteiger partial charge in [0.25, 0.3) is 0 Å². The lowest BCUT2D eigenvalue weighted by molar-refractivity contribution is -0.128. The van der Waals surface area contributed by atoms with E-state index in [0.29, 0.717) is 31.6 Å². The number of rotatable bonds is 17. The van der Waals surface area contributed by atoms with Gasteiger partial charge in [-0.05, 0) is 66.0 Å². The number of benzene rings is 2. The molecule has 1 aliphatic carbocycles. The molecule has 4 atom stereocenters. The number of urea groups is 1. The number of sulfonamides is 1. The lowest BCUT2D eigenvalue weighted by Gasteiger charge is -2.35. The van der Waals surface area contributed by atoms with E-state index in [9.17, 15) is 23.1 Å². The summed E-state index contributed by atoms with van der Waals surface area (Å²) in [5.41, 5.74) is 2.31. The summed E-state index contributed by atoms with van der Waals surface area (Å²) in [7, 11) is -4.05. The second kappa shape index (κ2) is 17.7. The average Bonchev–Trinajstić information content (AvgIpc) is 3.78. The van der Waals surface area contributed by atoms with Gasteiger partial charge in [-0.25, -0.2) is 13.2 Å². The van der Waals surface area contributed by atoms with Crippen LogP contribution in [0, 0.1) is 11.8 Å². The highest BCUT2D eigenvalue weighted by Crippen LogP contribution is 2.29. The van der Waals surface area contributed by atoms with Crippen LogP contribution in [0.3, 0.4) is 0 Å². The topological polar surface area (TPSA) is 156 Å². The van der Waals surface area contributed by atoms with Crippen LogP contribution < -0.4 is 5.32 Å². The summed E-state index contributed by atoms with van der Waals surface area (Å²) in [6.07, 6.45) is 8.11. The maximum atomic E-state index is 14.3.